The summed E-state index contributed by atoms with van der Waals surface area (Å²) in [5, 5.41) is 16.2. The lowest BCUT2D eigenvalue weighted by molar-refractivity contribution is 0.0698. The average molecular weight is 313 g/mol. The predicted octanol–water partition coefficient (Wildman–Crippen LogP) is 3.26. The Bertz CT molecular complexity index is 745. The maximum absolute atomic E-state index is 12.3. The molecule has 1 amide bonds. The number of aromatic nitrogens is 2. The van der Waals surface area contributed by atoms with Crippen molar-refractivity contribution in [2.75, 3.05) is 5.32 Å². The number of carbonyl (C=O) groups excluding carboxylic acids is 1. The zero-order valence-electron chi connectivity index (χ0n) is 13.0. The largest absolute Gasteiger partial charge is 0.478 e. The Morgan fingerprint density at radius 3 is 2.70 bits per heavy atom. The molecule has 0 saturated heterocycles. The van der Waals surface area contributed by atoms with Gasteiger partial charge < -0.3 is 10.4 Å². The molecular weight excluding hydrogens is 294 g/mol. The van der Waals surface area contributed by atoms with Crippen molar-refractivity contribution < 1.29 is 14.7 Å². The van der Waals surface area contributed by atoms with Gasteiger partial charge in [-0.25, -0.2) is 4.79 Å². The SMILES string of the molecule is Cc1ccc(NC(=O)c2ccn(C3CCCC3)n2)c(C(=O)O)c1. The molecule has 1 aliphatic rings. The molecule has 0 atom stereocenters. The van der Waals surface area contributed by atoms with E-state index in [1.807, 2.05) is 10.9 Å². The van der Waals surface area contributed by atoms with Gasteiger partial charge in [-0.2, -0.15) is 5.10 Å². The van der Waals surface area contributed by atoms with Crippen LogP contribution in [0.3, 0.4) is 0 Å². The highest BCUT2D eigenvalue weighted by Gasteiger charge is 2.20. The summed E-state index contributed by atoms with van der Waals surface area (Å²) in [4.78, 5) is 23.6. The van der Waals surface area contributed by atoms with Gasteiger partial charge in [0.1, 0.15) is 0 Å². The molecular formula is C17H19N3O3. The smallest absolute Gasteiger partial charge is 0.337 e. The third kappa shape index (κ3) is 3.26. The lowest BCUT2D eigenvalue weighted by Crippen LogP contribution is -2.16. The number of carboxylic acid groups (broad SMARTS) is 1. The van der Waals surface area contributed by atoms with Crippen LogP contribution in [0.2, 0.25) is 0 Å². The summed E-state index contributed by atoms with van der Waals surface area (Å²) in [7, 11) is 0. The van der Waals surface area contributed by atoms with Gasteiger partial charge in [0.25, 0.3) is 5.91 Å². The summed E-state index contributed by atoms with van der Waals surface area (Å²) in [5.41, 5.74) is 1.48. The van der Waals surface area contributed by atoms with Gasteiger partial charge in [-0.1, -0.05) is 24.5 Å². The van der Waals surface area contributed by atoms with Gasteiger partial charge in [-0.15, -0.1) is 0 Å². The van der Waals surface area contributed by atoms with Gasteiger partial charge in [-0.3, -0.25) is 9.48 Å². The summed E-state index contributed by atoms with van der Waals surface area (Å²) in [5.74, 6) is -1.46. The zero-order chi connectivity index (χ0) is 16.4. The molecule has 0 unspecified atom stereocenters. The van der Waals surface area contributed by atoms with E-state index in [1.165, 1.54) is 18.9 Å². The summed E-state index contributed by atoms with van der Waals surface area (Å²) < 4.78 is 1.84. The lowest BCUT2D eigenvalue weighted by Gasteiger charge is -2.10. The minimum atomic E-state index is -1.07. The molecule has 6 nitrogen and oxygen atoms in total. The standard InChI is InChI=1S/C17H19N3O3/c1-11-6-7-14(13(10-11)17(22)23)18-16(21)15-8-9-20(19-15)12-4-2-3-5-12/h6-10,12H,2-5H2,1H3,(H,18,21)(H,22,23). The topological polar surface area (TPSA) is 84.2 Å². The summed E-state index contributed by atoms with van der Waals surface area (Å²) in [6, 6.07) is 6.94. The molecule has 2 aromatic rings. The van der Waals surface area contributed by atoms with E-state index in [0.717, 1.165) is 18.4 Å². The molecule has 23 heavy (non-hydrogen) atoms. The number of benzene rings is 1. The van der Waals surface area contributed by atoms with Gasteiger partial charge >= 0.3 is 5.97 Å². The Morgan fingerprint density at radius 1 is 1.26 bits per heavy atom. The number of aryl methyl sites for hydroxylation is 1. The average Bonchev–Trinajstić information content (AvgIpc) is 3.19. The summed E-state index contributed by atoms with van der Waals surface area (Å²) >= 11 is 0. The quantitative estimate of drug-likeness (QED) is 0.907. The summed E-state index contributed by atoms with van der Waals surface area (Å²) in [6.45, 7) is 1.81. The third-order valence-corrected chi connectivity index (χ3v) is 4.19. The maximum atomic E-state index is 12.3. The van der Waals surface area contributed by atoms with Crippen LogP contribution in [0.25, 0.3) is 0 Å². The number of nitrogens with zero attached hydrogens (tertiary/aromatic N) is 2. The molecule has 2 N–H and O–H groups in total. The van der Waals surface area contributed by atoms with Gasteiger partial charge in [-0.05, 0) is 38.0 Å². The van der Waals surface area contributed by atoms with E-state index in [9.17, 15) is 14.7 Å². The first kappa shape index (κ1) is 15.3. The zero-order valence-corrected chi connectivity index (χ0v) is 13.0. The first-order chi connectivity index (χ1) is 11.0. The highest BCUT2D eigenvalue weighted by Crippen LogP contribution is 2.28. The number of amides is 1. The normalized spacial score (nSPS) is 14.8. The van der Waals surface area contributed by atoms with Crippen LogP contribution in [0.1, 0.15) is 58.1 Å². The van der Waals surface area contributed by atoms with E-state index in [1.54, 1.807) is 25.1 Å². The van der Waals surface area contributed by atoms with Crippen LogP contribution in [-0.4, -0.2) is 26.8 Å². The van der Waals surface area contributed by atoms with Crippen molar-refractivity contribution in [2.24, 2.45) is 0 Å². The van der Waals surface area contributed by atoms with E-state index >= 15 is 0 Å². The van der Waals surface area contributed by atoms with Crippen LogP contribution in [0.4, 0.5) is 5.69 Å². The van der Waals surface area contributed by atoms with Crippen LogP contribution in [0.15, 0.2) is 30.5 Å². The molecule has 0 radical (unpaired) electrons. The second kappa shape index (κ2) is 6.24. The van der Waals surface area contributed by atoms with E-state index in [4.69, 9.17) is 0 Å². The van der Waals surface area contributed by atoms with Crippen molar-refractivity contribution in [2.45, 2.75) is 38.6 Å². The van der Waals surface area contributed by atoms with E-state index in [0.29, 0.717) is 11.7 Å². The van der Waals surface area contributed by atoms with Crippen molar-refractivity contribution in [1.82, 2.24) is 9.78 Å². The van der Waals surface area contributed by atoms with Crippen LogP contribution in [0.5, 0.6) is 0 Å². The molecule has 0 bridgehead atoms. The Labute approximate surface area is 134 Å². The van der Waals surface area contributed by atoms with Crippen LogP contribution >= 0.6 is 0 Å². The molecule has 1 fully saturated rings. The Hall–Kier alpha value is -2.63. The molecule has 6 heteroatoms. The molecule has 1 saturated carbocycles. The number of rotatable bonds is 4. The number of hydrogen-bond donors (Lipinski definition) is 2. The van der Waals surface area contributed by atoms with Gasteiger partial charge in [0.05, 0.1) is 17.3 Å². The van der Waals surface area contributed by atoms with Crippen molar-refractivity contribution in [3.8, 4) is 0 Å². The van der Waals surface area contributed by atoms with Crippen LogP contribution < -0.4 is 5.32 Å². The minimum absolute atomic E-state index is 0.0774. The van der Waals surface area contributed by atoms with Gasteiger partial charge in [0.15, 0.2) is 5.69 Å². The van der Waals surface area contributed by atoms with E-state index in [2.05, 4.69) is 10.4 Å². The van der Waals surface area contributed by atoms with E-state index in [-0.39, 0.29) is 11.3 Å². The highest BCUT2D eigenvalue weighted by molar-refractivity contribution is 6.06. The number of aromatic carboxylic acids is 1. The lowest BCUT2D eigenvalue weighted by atomic mass is 10.1. The van der Waals surface area contributed by atoms with Crippen molar-refractivity contribution in [3.63, 3.8) is 0 Å². The fourth-order valence-electron chi connectivity index (χ4n) is 2.96. The molecule has 0 aliphatic heterocycles. The maximum Gasteiger partial charge on any atom is 0.337 e. The van der Waals surface area contributed by atoms with Crippen LogP contribution in [-0.2, 0) is 0 Å². The first-order valence-corrected chi connectivity index (χ1v) is 7.75. The molecule has 1 aromatic heterocycles. The van der Waals surface area contributed by atoms with E-state index < -0.39 is 11.9 Å². The number of anilines is 1. The Balaban J connectivity index is 1.78. The molecule has 0 spiro atoms. The number of carboxylic acids is 1. The Morgan fingerprint density at radius 2 is 2.00 bits per heavy atom. The summed E-state index contributed by atoms with van der Waals surface area (Å²) in [6.07, 6.45) is 6.38. The highest BCUT2D eigenvalue weighted by atomic mass is 16.4. The molecule has 3 rings (SSSR count). The number of nitrogens with one attached hydrogen (secondary N) is 1. The van der Waals surface area contributed by atoms with Gasteiger partial charge in [0, 0.05) is 6.20 Å². The third-order valence-electron chi connectivity index (χ3n) is 4.19. The van der Waals surface area contributed by atoms with Crippen molar-refractivity contribution in [3.05, 3.63) is 47.3 Å². The van der Waals surface area contributed by atoms with Crippen LogP contribution in [0, 0.1) is 6.92 Å². The first-order valence-electron chi connectivity index (χ1n) is 7.75. The number of carbonyl (C=O) groups is 2. The number of hydrogen-bond acceptors (Lipinski definition) is 3. The van der Waals surface area contributed by atoms with Gasteiger partial charge in [0.2, 0.25) is 0 Å². The minimum Gasteiger partial charge on any atom is -0.478 e. The fraction of sp³-hybridized carbons (Fsp3) is 0.353. The predicted molar refractivity (Wildman–Crippen MR) is 85.8 cm³/mol. The Kier molecular flexibility index (Phi) is 4.14. The fourth-order valence-corrected chi connectivity index (χ4v) is 2.96. The second-order valence-electron chi connectivity index (χ2n) is 5.93. The van der Waals surface area contributed by atoms with Crippen molar-refractivity contribution in [1.29, 1.82) is 0 Å². The van der Waals surface area contributed by atoms with Crippen molar-refractivity contribution >= 4 is 17.6 Å². The molecule has 120 valence electrons. The molecule has 1 aromatic carbocycles. The molecule has 1 aliphatic carbocycles. The second-order valence-corrected chi connectivity index (χ2v) is 5.93. The monoisotopic (exact) mass is 313 g/mol. The molecule has 1 heterocycles.